The van der Waals surface area contributed by atoms with Crippen LogP contribution in [0.25, 0.3) is 0 Å². The first-order valence-electron chi connectivity index (χ1n) is 6.64. The van der Waals surface area contributed by atoms with E-state index in [9.17, 15) is 4.79 Å². The van der Waals surface area contributed by atoms with Gasteiger partial charge in [-0.05, 0) is 31.0 Å². The van der Waals surface area contributed by atoms with Crippen molar-refractivity contribution in [1.29, 1.82) is 0 Å². The second kappa shape index (κ2) is 8.69. The summed E-state index contributed by atoms with van der Waals surface area (Å²) in [6.45, 7) is 3.93. The van der Waals surface area contributed by atoms with Gasteiger partial charge in [-0.2, -0.15) is 0 Å². The van der Waals surface area contributed by atoms with Crippen molar-refractivity contribution in [3.8, 4) is 5.75 Å². The van der Waals surface area contributed by atoms with Gasteiger partial charge in [-0.3, -0.25) is 4.79 Å². The quantitative estimate of drug-likeness (QED) is 0.875. The van der Waals surface area contributed by atoms with Crippen molar-refractivity contribution in [1.82, 2.24) is 10.6 Å². The van der Waals surface area contributed by atoms with Crippen LogP contribution in [0.3, 0.4) is 0 Å². The summed E-state index contributed by atoms with van der Waals surface area (Å²) in [4.78, 5) is 11.9. The number of hydrogen-bond acceptors (Lipinski definition) is 3. The predicted molar refractivity (Wildman–Crippen MR) is 87.8 cm³/mol. The summed E-state index contributed by atoms with van der Waals surface area (Å²) in [5.74, 6) is 0.881. The van der Waals surface area contributed by atoms with Crippen molar-refractivity contribution >= 4 is 41.5 Å². The number of piperidine rings is 1. The van der Waals surface area contributed by atoms with Crippen LogP contribution in [0.4, 0.5) is 0 Å². The molecular weight excluding hydrogens is 335 g/mol. The van der Waals surface area contributed by atoms with Crippen molar-refractivity contribution in [2.75, 3.05) is 19.7 Å². The topological polar surface area (TPSA) is 50.4 Å². The largest absolute Gasteiger partial charge is 0.484 e. The van der Waals surface area contributed by atoms with E-state index in [-0.39, 0.29) is 31.0 Å². The Morgan fingerprint density at radius 1 is 1.43 bits per heavy atom. The number of carbonyl (C=O) groups excluding carboxylic acids is 1. The minimum atomic E-state index is -0.128. The molecule has 4 nitrogen and oxygen atoms in total. The molecule has 2 unspecified atom stereocenters. The summed E-state index contributed by atoms with van der Waals surface area (Å²) < 4.78 is 5.40. The Bertz CT molecular complexity index is 485. The van der Waals surface area contributed by atoms with Gasteiger partial charge in [0.25, 0.3) is 5.91 Å². The van der Waals surface area contributed by atoms with Crippen molar-refractivity contribution in [3.05, 3.63) is 28.2 Å². The van der Waals surface area contributed by atoms with Gasteiger partial charge >= 0.3 is 0 Å². The van der Waals surface area contributed by atoms with Gasteiger partial charge in [0.15, 0.2) is 6.61 Å². The lowest BCUT2D eigenvalue weighted by atomic mass is 9.95. The fourth-order valence-electron chi connectivity index (χ4n) is 2.15. The van der Waals surface area contributed by atoms with Crippen molar-refractivity contribution in [2.24, 2.45) is 5.92 Å². The number of ether oxygens (including phenoxy) is 1. The van der Waals surface area contributed by atoms with Gasteiger partial charge in [0.1, 0.15) is 5.75 Å². The van der Waals surface area contributed by atoms with Crippen LogP contribution in [0.1, 0.15) is 13.3 Å². The highest BCUT2D eigenvalue weighted by Gasteiger charge is 2.22. The Hall–Kier alpha value is -0.680. The van der Waals surface area contributed by atoms with Crippen molar-refractivity contribution < 1.29 is 9.53 Å². The molecule has 1 fully saturated rings. The molecule has 1 aliphatic heterocycles. The Kier molecular flexibility index (Phi) is 7.60. The molecule has 21 heavy (non-hydrogen) atoms. The smallest absolute Gasteiger partial charge is 0.258 e. The molecule has 2 atom stereocenters. The number of carbonyl (C=O) groups is 1. The summed E-state index contributed by atoms with van der Waals surface area (Å²) in [6, 6.07) is 5.09. The third kappa shape index (κ3) is 5.55. The Morgan fingerprint density at radius 2 is 2.19 bits per heavy atom. The Labute approximate surface area is 140 Å². The van der Waals surface area contributed by atoms with Crippen LogP contribution in [0, 0.1) is 5.92 Å². The van der Waals surface area contributed by atoms with Crippen LogP contribution in [-0.2, 0) is 4.79 Å². The maximum Gasteiger partial charge on any atom is 0.258 e. The lowest BCUT2D eigenvalue weighted by molar-refractivity contribution is -0.124. The van der Waals surface area contributed by atoms with Crippen LogP contribution in [0.5, 0.6) is 5.75 Å². The minimum absolute atomic E-state index is 0. The highest BCUT2D eigenvalue weighted by molar-refractivity contribution is 6.42. The molecule has 118 valence electrons. The molecule has 0 aromatic heterocycles. The number of hydrogen-bond donors (Lipinski definition) is 2. The molecule has 7 heteroatoms. The van der Waals surface area contributed by atoms with E-state index in [2.05, 4.69) is 17.6 Å². The lowest BCUT2D eigenvalue weighted by Crippen LogP contribution is -2.51. The molecule has 2 rings (SSSR count). The number of benzene rings is 1. The Morgan fingerprint density at radius 3 is 2.86 bits per heavy atom. The molecule has 1 aliphatic rings. The van der Waals surface area contributed by atoms with Crippen molar-refractivity contribution in [3.63, 3.8) is 0 Å². The minimum Gasteiger partial charge on any atom is -0.484 e. The van der Waals surface area contributed by atoms with Crippen LogP contribution in [0.2, 0.25) is 10.0 Å². The molecule has 0 saturated carbocycles. The summed E-state index contributed by atoms with van der Waals surface area (Å²) in [6.07, 6.45) is 1.07. The van der Waals surface area contributed by atoms with Gasteiger partial charge in [-0.1, -0.05) is 30.1 Å². The third-order valence-corrected chi connectivity index (χ3v) is 4.17. The number of nitrogens with one attached hydrogen (secondary N) is 2. The maximum absolute atomic E-state index is 11.9. The first kappa shape index (κ1) is 18.4. The zero-order valence-electron chi connectivity index (χ0n) is 11.7. The first-order chi connectivity index (χ1) is 9.56. The lowest BCUT2D eigenvalue weighted by Gasteiger charge is -2.30. The normalized spacial score (nSPS) is 21.3. The summed E-state index contributed by atoms with van der Waals surface area (Å²) in [5.41, 5.74) is 0. The molecule has 1 aromatic rings. The van der Waals surface area contributed by atoms with E-state index in [0.29, 0.717) is 21.7 Å². The van der Waals surface area contributed by atoms with Crippen LogP contribution < -0.4 is 15.4 Å². The van der Waals surface area contributed by atoms with Gasteiger partial charge in [-0.25, -0.2) is 0 Å². The zero-order chi connectivity index (χ0) is 14.5. The molecule has 0 spiro atoms. The second-order valence-corrected chi connectivity index (χ2v) is 5.82. The highest BCUT2D eigenvalue weighted by Crippen LogP contribution is 2.26. The summed E-state index contributed by atoms with van der Waals surface area (Å²) in [7, 11) is 0. The number of amides is 1. The molecule has 0 bridgehead atoms. The van der Waals surface area contributed by atoms with E-state index in [4.69, 9.17) is 27.9 Å². The molecule has 2 N–H and O–H groups in total. The fraction of sp³-hybridized carbons (Fsp3) is 0.500. The van der Waals surface area contributed by atoms with E-state index in [1.165, 1.54) is 0 Å². The van der Waals surface area contributed by atoms with Crippen LogP contribution in [-0.4, -0.2) is 31.6 Å². The molecule has 1 amide bonds. The molecule has 1 aromatic carbocycles. The fourth-order valence-corrected chi connectivity index (χ4v) is 2.44. The highest BCUT2D eigenvalue weighted by atomic mass is 35.5. The number of halogens is 3. The van der Waals surface area contributed by atoms with E-state index >= 15 is 0 Å². The van der Waals surface area contributed by atoms with E-state index in [1.807, 2.05) is 0 Å². The van der Waals surface area contributed by atoms with Gasteiger partial charge in [0.2, 0.25) is 0 Å². The van der Waals surface area contributed by atoms with E-state index in [0.717, 1.165) is 19.5 Å². The average Bonchev–Trinajstić information content (AvgIpc) is 2.43. The molecular formula is C14H19Cl3N2O2. The summed E-state index contributed by atoms with van der Waals surface area (Å²) in [5, 5.41) is 7.13. The van der Waals surface area contributed by atoms with Crippen LogP contribution >= 0.6 is 35.6 Å². The monoisotopic (exact) mass is 352 g/mol. The average molecular weight is 354 g/mol. The first-order valence-corrected chi connectivity index (χ1v) is 7.40. The van der Waals surface area contributed by atoms with E-state index < -0.39 is 0 Å². The number of rotatable bonds is 4. The zero-order valence-corrected chi connectivity index (χ0v) is 14.0. The molecule has 0 aliphatic carbocycles. The standard InChI is InChI=1S/C14H18Cl2N2O2.ClH/c1-9-4-5-17-7-13(9)18-14(19)8-20-10-2-3-11(15)12(16)6-10;/h2-3,6,9,13,17H,4-5,7-8H2,1H3,(H,18,19);1H. The van der Waals surface area contributed by atoms with Gasteiger partial charge in [0, 0.05) is 18.7 Å². The van der Waals surface area contributed by atoms with Gasteiger partial charge in [-0.15, -0.1) is 12.4 Å². The maximum atomic E-state index is 11.9. The third-order valence-electron chi connectivity index (χ3n) is 3.43. The van der Waals surface area contributed by atoms with E-state index in [1.54, 1.807) is 18.2 Å². The molecule has 1 heterocycles. The molecule has 1 saturated heterocycles. The summed E-state index contributed by atoms with van der Waals surface area (Å²) >= 11 is 11.7. The molecule has 0 radical (unpaired) electrons. The van der Waals surface area contributed by atoms with Gasteiger partial charge in [0.05, 0.1) is 10.0 Å². The second-order valence-electron chi connectivity index (χ2n) is 5.01. The Balaban J connectivity index is 0.00000220. The SMILES string of the molecule is CC1CCNCC1NC(=O)COc1ccc(Cl)c(Cl)c1.Cl. The van der Waals surface area contributed by atoms with Gasteiger partial charge < -0.3 is 15.4 Å². The van der Waals surface area contributed by atoms with Crippen LogP contribution in [0.15, 0.2) is 18.2 Å². The predicted octanol–water partition coefficient (Wildman–Crippen LogP) is 2.91. The van der Waals surface area contributed by atoms with Crippen molar-refractivity contribution in [2.45, 2.75) is 19.4 Å².